The van der Waals surface area contributed by atoms with Crippen molar-refractivity contribution >= 4 is 17.4 Å². The highest BCUT2D eigenvalue weighted by Crippen LogP contribution is 2.20. The van der Waals surface area contributed by atoms with Crippen LogP contribution in [0.1, 0.15) is 29.8 Å². The van der Waals surface area contributed by atoms with E-state index in [0.29, 0.717) is 16.6 Å². The van der Waals surface area contributed by atoms with Crippen molar-refractivity contribution in [1.82, 2.24) is 9.61 Å². The summed E-state index contributed by atoms with van der Waals surface area (Å²) in [5, 5.41) is 4.01. The molecule has 2 heterocycles. The molecule has 3 nitrogen and oxygen atoms in total. The van der Waals surface area contributed by atoms with Gasteiger partial charge in [-0.3, -0.25) is 4.79 Å². The summed E-state index contributed by atoms with van der Waals surface area (Å²) in [6.07, 6.45) is -0.329. The molecule has 0 saturated carbocycles. The first kappa shape index (κ1) is 14.3. The Hall–Kier alpha value is -2.11. The zero-order chi connectivity index (χ0) is 14.9. The van der Waals surface area contributed by atoms with Gasteiger partial charge in [0.25, 0.3) is 0 Å². The number of nitrogens with zero attached hydrogens (tertiary/aromatic N) is 2. The lowest BCUT2D eigenvalue weighted by Crippen LogP contribution is -2.06. The number of Topliss-reactive ketones (excluding diaryl/α,β-unsaturated/α-hetero) is 1. The molecule has 106 valence electrons. The van der Waals surface area contributed by atoms with Crippen molar-refractivity contribution in [1.29, 1.82) is 0 Å². The number of fused-ring (bicyclic) bond motifs is 1. The number of pyridine rings is 1. The van der Waals surface area contributed by atoms with Gasteiger partial charge in [-0.1, -0.05) is 19.9 Å². The van der Waals surface area contributed by atoms with Crippen molar-refractivity contribution < 1.29 is 18.0 Å². The molecule has 2 rings (SSSR count). The van der Waals surface area contributed by atoms with Gasteiger partial charge in [-0.25, -0.2) is 4.52 Å². The fourth-order valence-electron chi connectivity index (χ4n) is 1.79. The lowest BCUT2D eigenvalue weighted by Gasteiger charge is -2.03. The molecule has 0 fully saturated rings. The molecule has 0 aliphatic heterocycles. The second-order valence-electron chi connectivity index (χ2n) is 4.74. The second kappa shape index (κ2) is 5.11. The zero-order valence-corrected chi connectivity index (χ0v) is 11.0. The van der Waals surface area contributed by atoms with Crippen molar-refractivity contribution in [3.8, 4) is 0 Å². The molecule has 0 aliphatic rings. The van der Waals surface area contributed by atoms with E-state index in [0.717, 1.165) is 6.08 Å². The van der Waals surface area contributed by atoms with Crippen LogP contribution in [0.4, 0.5) is 13.2 Å². The molecule has 2 aromatic rings. The fraction of sp³-hybridized carbons (Fsp3) is 0.286. The van der Waals surface area contributed by atoms with Gasteiger partial charge in [0.1, 0.15) is 0 Å². The lowest BCUT2D eigenvalue weighted by molar-refractivity contribution is -0.0790. The number of alkyl halides is 3. The number of hydrogen-bond donors (Lipinski definition) is 0. The number of halogens is 3. The van der Waals surface area contributed by atoms with E-state index in [1.807, 2.05) is 0 Å². The highest BCUT2D eigenvalue weighted by molar-refractivity contribution is 6.03. The summed E-state index contributed by atoms with van der Waals surface area (Å²) < 4.78 is 37.7. The Balaban J connectivity index is 2.38. The molecule has 0 spiro atoms. The predicted octanol–water partition coefficient (Wildman–Crippen LogP) is 3.75. The minimum absolute atomic E-state index is 0.0430. The normalized spacial score (nSPS) is 12.7. The van der Waals surface area contributed by atoms with Gasteiger partial charge in [-0.15, -0.1) is 0 Å². The Morgan fingerprint density at radius 2 is 2.05 bits per heavy atom. The van der Waals surface area contributed by atoms with Crippen LogP contribution in [0.3, 0.4) is 0 Å². The molecule has 0 N–H and O–H groups in total. The molecule has 2 aromatic heterocycles. The van der Waals surface area contributed by atoms with Crippen LogP contribution < -0.4 is 0 Å². The number of ketones is 1. The third-order valence-corrected chi connectivity index (χ3v) is 2.79. The molecular formula is C14H13F3N2O. The van der Waals surface area contributed by atoms with Crippen molar-refractivity contribution in [2.45, 2.75) is 20.0 Å². The van der Waals surface area contributed by atoms with Crippen LogP contribution in [0.15, 0.2) is 30.6 Å². The van der Waals surface area contributed by atoms with Gasteiger partial charge in [0, 0.05) is 18.2 Å². The molecule has 0 amide bonds. The minimum atomic E-state index is -4.35. The standard InChI is InChI=1S/C14H13F3N2O/c1-9(2)13(20)11-7-18-19-8-10(3-4-12(11)19)5-6-14(15,16)17/h3-9H,1-2H3/b6-5+. The van der Waals surface area contributed by atoms with Crippen LogP contribution in [-0.4, -0.2) is 21.6 Å². The highest BCUT2D eigenvalue weighted by Gasteiger charge is 2.22. The molecular weight excluding hydrogens is 269 g/mol. The summed E-state index contributed by atoms with van der Waals surface area (Å²) in [6, 6.07) is 3.12. The third-order valence-electron chi connectivity index (χ3n) is 2.79. The fourth-order valence-corrected chi connectivity index (χ4v) is 1.79. The molecule has 0 saturated heterocycles. The van der Waals surface area contributed by atoms with Crippen LogP contribution in [-0.2, 0) is 0 Å². The van der Waals surface area contributed by atoms with Crippen LogP contribution in [0.2, 0.25) is 0 Å². The van der Waals surface area contributed by atoms with E-state index in [1.54, 1.807) is 19.9 Å². The summed E-state index contributed by atoms with van der Waals surface area (Å²) >= 11 is 0. The Kier molecular flexibility index (Phi) is 3.65. The maximum absolute atomic E-state index is 12.1. The van der Waals surface area contributed by atoms with E-state index in [9.17, 15) is 18.0 Å². The minimum Gasteiger partial charge on any atom is -0.294 e. The maximum atomic E-state index is 12.1. The Bertz CT molecular complexity index is 669. The molecule has 6 heteroatoms. The summed E-state index contributed by atoms with van der Waals surface area (Å²) in [4.78, 5) is 11.9. The van der Waals surface area contributed by atoms with Crippen LogP contribution in [0.5, 0.6) is 0 Å². The van der Waals surface area contributed by atoms with Gasteiger partial charge < -0.3 is 0 Å². The van der Waals surface area contributed by atoms with Gasteiger partial charge in [-0.05, 0) is 17.7 Å². The van der Waals surface area contributed by atoms with E-state index in [4.69, 9.17) is 0 Å². The van der Waals surface area contributed by atoms with Crippen molar-refractivity contribution in [2.24, 2.45) is 5.92 Å². The average Bonchev–Trinajstić information content (AvgIpc) is 2.77. The molecule has 0 unspecified atom stereocenters. The number of hydrogen-bond acceptors (Lipinski definition) is 2. The second-order valence-corrected chi connectivity index (χ2v) is 4.74. The number of carbonyl (C=O) groups is 1. The number of aromatic nitrogens is 2. The van der Waals surface area contributed by atoms with Crippen LogP contribution in [0, 0.1) is 5.92 Å². The van der Waals surface area contributed by atoms with Gasteiger partial charge >= 0.3 is 6.18 Å². The number of allylic oxidation sites excluding steroid dienone is 1. The first-order chi connectivity index (χ1) is 9.28. The average molecular weight is 282 g/mol. The van der Waals surface area contributed by atoms with E-state index >= 15 is 0 Å². The zero-order valence-electron chi connectivity index (χ0n) is 11.0. The molecule has 0 aliphatic carbocycles. The number of carbonyl (C=O) groups excluding carboxylic acids is 1. The lowest BCUT2D eigenvalue weighted by atomic mass is 10.0. The van der Waals surface area contributed by atoms with Gasteiger partial charge in [0.05, 0.1) is 17.3 Å². The molecule has 0 atom stereocenters. The summed E-state index contributed by atoms with van der Waals surface area (Å²) in [6.45, 7) is 3.57. The topological polar surface area (TPSA) is 34.4 Å². The summed E-state index contributed by atoms with van der Waals surface area (Å²) in [5.41, 5.74) is 1.43. The smallest absolute Gasteiger partial charge is 0.294 e. The molecule has 20 heavy (non-hydrogen) atoms. The molecule has 0 bridgehead atoms. The Morgan fingerprint density at radius 3 is 2.65 bits per heavy atom. The predicted molar refractivity (Wildman–Crippen MR) is 69.4 cm³/mol. The van der Waals surface area contributed by atoms with Gasteiger partial charge in [-0.2, -0.15) is 18.3 Å². The summed E-state index contributed by atoms with van der Waals surface area (Å²) in [7, 11) is 0. The van der Waals surface area contributed by atoms with Gasteiger partial charge in [0.15, 0.2) is 5.78 Å². The van der Waals surface area contributed by atoms with Crippen LogP contribution in [0.25, 0.3) is 11.6 Å². The van der Waals surface area contributed by atoms with Crippen molar-refractivity contribution in [2.75, 3.05) is 0 Å². The quantitative estimate of drug-likeness (QED) is 0.803. The van der Waals surface area contributed by atoms with E-state index < -0.39 is 6.18 Å². The number of rotatable bonds is 3. The van der Waals surface area contributed by atoms with E-state index in [1.165, 1.54) is 23.0 Å². The molecule has 0 radical (unpaired) electrons. The SMILES string of the molecule is CC(C)C(=O)c1cnn2cc(/C=C/C(F)(F)F)ccc12. The van der Waals surface area contributed by atoms with E-state index in [2.05, 4.69) is 5.10 Å². The maximum Gasteiger partial charge on any atom is 0.409 e. The Labute approximate surface area is 113 Å². The Morgan fingerprint density at radius 1 is 1.35 bits per heavy atom. The first-order valence-electron chi connectivity index (χ1n) is 6.05. The first-order valence-corrected chi connectivity index (χ1v) is 6.05. The van der Waals surface area contributed by atoms with Crippen molar-refractivity contribution in [3.63, 3.8) is 0 Å². The largest absolute Gasteiger partial charge is 0.409 e. The van der Waals surface area contributed by atoms with Crippen molar-refractivity contribution in [3.05, 3.63) is 41.7 Å². The monoisotopic (exact) mass is 282 g/mol. The van der Waals surface area contributed by atoms with Gasteiger partial charge in [0.2, 0.25) is 0 Å². The van der Waals surface area contributed by atoms with E-state index in [-0.39, 0.29) is 17.8 Å². The molecule has 0 aromatic carbocycles. The highest BCUT2D eigenvalue weighted by atomic mass is 19.4. The van der Waals surface area contributed by atoms with Crippen LogP contribution >= 0.6 is 0 Å². The summed E-state index contributed by atoms with van der Waals surface area (Å²) in [5.74, 6) is -0.202. The third kappa shape index (κ3) is 3.07.